The fourth-order valence-corrected chi connectivity index (χ4v) is 3.11. The molecule has 28 heavy (non-hydrogen) atoms. The van der Waals surface area contributed by atoms with E-state index in [1.807, 2.05) is 30.3 Å². The van der Waals surface area contributed by atoms with Crippen molar-refractivity contribution in [2.75, 3.05) is 21.0 Å². The lowest BCUT2D eigenvalue weighted by atomic mass is 10.1. The summed E-state index contributed by atoms with van der Waals surface area (Å²) in [4.78, 5) is 13.6. The van der Waals surface area contributed by atoms with Gasteiger partial charge >= 0.3 is 0 Å². The summed E-state index contributed by atoms with van der Waals surface area (Å²) < 4.78 is 22.0. The first kappa shape index (κ1) is 18.1. The van der Waals surface area contributed by atoms with Gasteiger partial charge in [-0.2, -0.15) is 0 Å². The fourth-order valence-electron chi connectivity index (χ4n) is 2.92. The van der Waals surface area contributed by atoms with Crippen LogP contribution in [-0.4, -0.2) is 36.9 Å². The first-order valence-corrected chi connectivity index (χ1v) is 8.96. The van der Waals surface area contributed by atoms with E-state index in [1.54, 1.807) is 26.3 Å². The normalized spacial score (nSPS) is 16.5. The molecule has 1 N–H and O–H groups in total. The smallest absolute Gasteiger partial charge is 0.276 e. The summed E-state index contributed by atoms with van der Waals surface area (Å²) >= 11 is 5.10. The first-order chi connectivity index (χ1) is 13.5. The van der Waals surface area contributed by atoms with Crippen molar-refractivity contribution in [1.29, 1.82) is 0 Å². The van der Waals surface area contributed by atoms with Crippen LogP contribution in [0.4, 0.5) is 0 Å². The van der Waals surface area contributed by atoms with Gasteiger partial charge in [-0.25, -0.2) is 0 Å². The molecule has 4 rings (SSSR count). The molecule has 1 saturated heterocycles. The van der Waals surface area contributed by atoms with Gasteiger partial charge in [0, 0.05) is 18.7 Å². The molecular formula is C20H18N2O5S. The van der Waals surface area contributed by atoms with Gasteiger partial charge in [0.25, 0.3) is 5.91 Å². The number of nitrogens with one attached hydrogen (secondary N) is 1. The third kappa shape index (κ3) is 3.46. The van der Waals surface area contributed by atoms with Gasteiger partial charge in [0.15, 0.2) is 16.6 Å². The van der Waals surface area contributed by atoms with E-state index in [4.69, 9.17) is 31.2 Å². The monoisotopic (exact) mass is 398 g/mol. The molecule has 8 heteroatoms. The lowest BCUT2D eigenvalue weighted by Crippen LogP contribution is -2.25. The van der Waals surface area contributed by atoms with Crippen LogP contribution in [0.3, 0.4) is 0 Å². The maximum absolute atomic E-state index is 12.2. The highest BCUT2D eigenvalue weighted by molar-refractivity contribution is 7.80. The predicted octanol–water partition coefficient (Wildman–Crippen LogP) is 2.69. The molecule has 0 aromatic heterocycles. The minimum atomic E-state index is -0.168. The van der Waals surface area contributed by atoms with Gasteiger partial charge in [-0.05, 0) is 48.1 Å². The number of nitrogens with zero attached hydrogens (tertiary/aromatic N) is 1. The number of rotatable bonds is 5. The Morgan fingerprint density at radius 1 is 1.21 bits per heavy atom. The number of hydrogen-bond donors (Lipinski definition) is 1. The minimum absolute atomic E-state index is 0.168. The van der Waals surface area contributed by atoms with E-state index in [2.05, 4.69) is 5.32 Å². The second-order valence-electron chi connectivity index (χ2n) is 6.23. The molecule has 7 nitrogen and oxygen atoms in total. The van der Waals surface area contributed by atoms with Crippen LogP contribution in [0, 0.1) is 0 Å². The average molecular weight is 398 g/mol. The maximum atomic E-state index is 12.2. The number of carbonyl (C=O) groups excluding carboxylic acids is 1. The molecular weight excluding hydrogens is 380 g/mol. The minimum Gasteiger partial charge on any atom is -0.496 e. The van der Waals surface area contributed by atoms with Crippen LogP contribution >= 0.6 is 12.2 Å². The average Bonchev–Trinajstić information content (AvgIpc) is 3.26. The number of carbonyl (C=O) groups is 1. The molecule has 0 atom stereocenters. The third-order valence-electron chi connectivity index (χ3n) is 4.44. The molecule has 0 spiro atoms. The SMILES string of the molecule is COc1ccc(/C=C2/NC(=S)N(C)C2=O)cc1COc1ccc2c(c1)OCO2. The van der Waals surface area contributed by atoms with Crippen molar-refractivity contribution in [2.24, 2.45) is 0 Å². The Labute approximate surface area is 167 Å². The summed E-state index contributed by atoms with van der Waals surface area (Å²) in [5.41, 5.74) is 2.11. The van der Waals surface area contributed by atoms with Crippen molar-refractivity contribution in [3.63, 3.8) is 0 Å². The van der Waals surface area contributed by atoms with E-state index < -0.39 is 0 Å². The molecule has 2 aromatic rings. The first-order valence-electron chi connectivity index (χ1n) is 8.55. The molecule has 1 amide bonds. The number of hydrogen-bond acceptors (Lipinski definition) is 6. The van der Waals surface area contributed by atoms with Crippen molar-refractivity contribution in [1.82, 2.24) is 10.2 Å². The second-order valence-corrected chi connectivity index (χ2v) is 6.61. The van der Waals surface area contributed by atoms with Crippen LogP contribution < -0.4 is 24.3 Å². The predicted molar refractivity (Wildman–Crippen MR) is 106 cm³/mol. The number of likely N-dealkylation sites (N-methyl/N-ethyl adjacent to an activating group) is 1. The van der Waals surface area contributed by atoms with Crippen LogP contribution in [0.2, 0.25) is 0 Å². The highest BCUT2D eigenvalue weighted by Crippen LogP contribution is 2.35. The Kier molecular flexibility index (Phi) is 4.79. The summed E-state index contributed by atoms with van der Waals surface area (Å²) in [6.07, 6.45) is 1.75. The lowest BCUT2D eigenvalue weighted by Gasteiger charge is -2.12. The zero-order valence-corrected chi connectivity index (χ0v) is 16.2. The Balaban J connectivity index is 1.54. The molecule has 0 unspecified atom stereocenters. The zero-order chi connectivity index (χ0) is 19.7. The van der Waals surface area contributed by atoms with Gasteiger partial charge in [0.1, 0.15) is 23.8 Å². The van der Waals surface area contributed by atoms with Crippen LogP contribution in [0.25, 0.3) is 6.08 Å². The van der Waals surface area contributed by atoms with E-state index in [-0.39, 0.29) is 12.7 Å². The summed E-state index contributed by atoms with van der Waals surface area (Å²) in [5.74, 6) is 2.55. The maximum Gasteiger partial charge on any atom is 0.276 e. The van der Waals surface area contributed by atoms with Gasteiger partial charge < -0.3 is 24.3 Å². The van der Waals surface area contributed by atoms with Crippen molar-refractivity contribution < 1.29 is 23.7 Å². The summed E-state index contributed by atoms with van der Waals surface area (Å²) in [5, 5.41) is 3.30. The van der Waals surface area contributed by atoms with Crippen LogP contribution in [-0.2, 0) is 11.4 Å². The Morgan fingerprint density at radius 2 is 2.04 bits per heavy atom. The standard InChI is InChI=1S/C20H18N2O5S/c1-22-19(23)15(21-20(22)28)8-12-3-5-16(24-2)13(7-12)10-25-14-4-6-17-18(9-14)27-11-26-17/h3-9H,10-11H2,1-2H3,(H,21,28)/b15-8+. The Hall–Kier alpha value is -3.26. The van der Waals surface area contributed by atoms with E-state index in [0.29, 0.717) is 40.4 Å². The molecule has 2 aliphatic rings. The number of thiocarbonyl (C=S) groups is 1. The quantitative estimate of drug-likeness (QED) is 0.613. The number of amides is 1. The second kappa shape index (κ2) is 7.40. The largest absolute Gasteiger partial charge is 0.496 e. The topological polar surface area (TPSA) is 69.3 Å². The molecule has 2 aromatic carbocycles. The number of benzene rings is 2. The van der Waals surface area contributed by atoms with E-state index in [9.17, 15) is 4.79 Å². The Bertz CT molecular complexity index is 989. The highest BCUT2D eigenvalue weighted by Gasteiger charge is 2.27. The molecule has 0 bridgehead atoms. The van der Waals surface area contributed by atoms with Gasteiger partial charge in [-0.3, -0.25) is 9.69 Å². The molecule has 1 fully saturated rings. The lowest BCUT2D eigenvalue weighted by molar-refractivity contribution is -0.121. The van der Waals surface area contributed by atoms with Crippen molar-refractivity contribution >= 4 is 29.3 Å². The van der Waals surface area contributed by atoms with Crippen LogP contribution in [0.1, 0.15) is 11.1 Å². The highest BCUT2D eigenvalue weighted by atomic mass is 32.1. The molecule has 144 valence electrons. The molecule has 2 heterocycles. The van der Waals surface area contributed by atoms with Gasteiger partial charge in [0.2, 0.25) is 6.79 Å². The van der Waals surface area contributed by atoms with E-state index in [1.165, 1.54) is 4.90 Å². The zero-order valence-electron chi connectivity index (χ0n) is 15.4. The van der Waals surface area contributed by atoms with Crippen molar-refractivity contribution in [3.05, 3.63) is 53.2 Å². The molecule has 2 aliphatic heterocycles. The summed E-state index contributed by atoms with van der Waals surface area (Å²) in [6.45, 7) is 0.508. The van der Waals surface area contributed by atoms with E-state index >= 15 is 0 Å². The fraction of sp³-hybridized carbons (Fsp3) is 0.200. The van der Waals surface area contributed by atoms with Crippen molar-refractivity contribution in [3.8, 4) is 23.0 Å². The number of ether oxygens (including phenoxy) is 4. The number of fused-ring (bicyclic) bond motifs is 1. The van der Waals surface area contributed by atoms with Gasteiger partial charge in [-0.1, -0.05) is 6.07 Å². The van der Waals surface area contributed by atoms with Crippen molar-refractivity contribution in [2.45, 2.75) is 6.61 Å². The molecule has 0 radical (unpaired) electrons. The molecule has 0 saturated carbocycles. The summed E-state index contributed by atoms with van der Waals surface area (Å²) in [6, 6.07) is 11.0. The van der Waals surface area contributed by atoms with E-state index in [0.717, 1.165) is 11.1 Å². The third-order valence-corrected chi connectivity index (χ3v) is 4.81. The van der Waals surface area contributed by atoms with Gasteiger partial charge in [0.05, 0.1) is 7.11 Å². The Morgan fingerprint density at radius 3 is 2.79 bits per heavy atom. The number of methoxy groups -OCH3 is 1. The molecule has 0 aliphatic carbocycles. The summed E-state index contributed by atoms with van der Waals surface area (Å²) in [7, 11) is 3.24. The van der Waals surface area contributed by atoms with Crippen LogP contribution in [0.15, 0.2) is 42.1 Å². The van der Waals surface area contributed by atoms with Gasteiger partial charge in [-0.15, -0.1) is 0 Å². The van der Waals surface area contributed by atoms with Crippen LogP contribution in [0.5, 0.6) is 23.0 Å².